The maximum atomic E-state index is 6.17. The van der Waals surface area contributed by atoms with Crippen molar-refractivity contribution in [2.75, 3.05) is 19.6 Å². The molecule has 0 spiro atoms. The van der Waals surface area contributed by atoms with Crippen LogP contribution in [0, 0.1) is 5.92 Å². The molecular formula is C13H20Cl2N2. The number of fused-ring (bicyclic) bond motifs is 1. The molecule has 2 nitrogen and oxygen atoms in total. The predicted octanol–water partition coefficient (Wildman–Crippen LogP) is 2.11. The summed E-state index contributed by atoms with van der Waals surface area (Å²) in [6.45, 7) is 3.51. The van der Waals surface area contributed by atoms with Gasteiger partial charge in [-0.1, -0.05) is 30.3 Å². The third kappa shape index (κ3) is 3.14. The lowest BCUT2D eigenvalue weighted by Crippen LogP contribution is -2.34. The van der Waals surface area contributed by atoms with Crippen molar-refractivity contribution in [1.82, 2.24) is 4.90 Å². The summed E-state index contributed by atoms with van der Waals surface area (Å²) in [5.74, 6) is 0.799. The van der Waals surface area contributed by atoms with Crippen molar-refractivity contribution in [3.8, 4) is 0 Å². The zero-order chi connectivity index (χ0) is 10.3. The minimum atomic E-state index is 0. The highest BCUT2D eigenvalue weighted by atomic mass is 35.5. The minimum Gasteiger partial charge on any atom is -0.324 e. The molecule has 3 rings (SSSR count). The molecule has 96 valence electrons. The summed E-state index contributed by atoms with van der Waals surface area (Å²) in [4.78, 5) is 2.52. The van der Waals surface area contributed by atoms with E-state index in [-0.39, 0.29) is 30.4 Å². The molecule has 0 bridgehead atoms. The van der Waals surface area contributed by atoms with E-state index in [4.69, 9.17) is 5.73 Å². The molecule has 17 heavy (non-hydrogen) atoms. The van der Waals surface area contributed by atoms with Crippen molar-refractivity contribution in [3.05, 3.63) is 35.9 Å². The largest absolute Gasteiger partial charge is 0.324 e. The number of likely N-dealkylation sites (tertiary alicyclic amines) is 1. The number of hydrogen-bond donors (Lipinski definition) is 1. The Bertz CT molecular complexity index is 358. The van der Waals surface area contributed by atoms with Gasteiger partial charge >= 0.3 is 0 Å². The van der Waals surface area contributed by atoms with Crippen molar-refractivity contribution in [2.24, 2.45) is 11.7 Å². The lowest BCUT2D eigenvalue weighted by atomic mass is 10.1. The van der Waals surface area contributed by atoms with Gasteiger partial charge in [-0.2, -0.15) is 0 Å². The molecule has 2 N–H and O–H groups in total. The van der Waals surface area contributed by atoms with E-state index in [9.17, 15) is 0 Å². The molecule has 1 aliphatic carbocycles. The summed E-state index contributed by atoms with van der Waals surface area (Å²) in [5, 5.41) is 0. The molecule has 2 aliphatic rings. The topological polar surface area (TPSA) is 29.3 Å². The highest BCUT2D eigenvalue weighted by molar-refractivity contribution is 5.85. The van der Waals surface area contributed by atoms with Gasteiger partial charge < -0.3 is 10.6 Å². The van der Waals surface area contributed by atoms with Gasteiger partial charge in [0.2, 0.25) is 0 Å². The summed E-state index contributed by atoms with van der Waals surface area (Å²) >= 11 is 0. The summed E-state index contributed by atoms with van der Waals surface area (Å²) in [5.41, 5.74) is 7.81. The van der Waals surface area contributed by atoms with Crippen LogP contribution in [-0.2, 0) is 6.42 Å². The Labute approximate surface area is 115 Å². The van der Waals surface area contributed by atoms with Gasteiger partial charge in [0, 0.05) is 25.2 Å². The van der Waals surface area contributed by atoms with Crippen LogP contribution in [0.25, 0.3) is 0 Å². The van der Waals surface area contributed by atoms with Gasteiger partial charge in [-0.3, -0.25) is 0 Å². The number of nitrogens with two attached hydrogens (primary N) is 1. The van der Waals surface area contributed by atoms with Gasteiger partial charge in [0.05, 0.1) is 0 Å². The first-order valence-electron chi connectivity index (χ1n) is 5.81. The first-order valence-corrected chi connectivity index (χ1v) is 5.81. The summed E-state index contributed by atoms with van der Waals surface area (Å²) in [7, 11) is 0. The number of benzene rings is 1. The van der Waals surface area contributed by atoms with Crippen LogP contribution in [0.4, 0.5) is 0 Å². The number of halogens is 2. The Kier molecular flexibility index (Phi) is 4.85. The van der Waals surface area contributed by atoms with Crippen LogP contribution in [-0.4, -0.2) is 30.1 Å². The zero-order valence-corrected chi connectivity index (χ0v) is 11.5. The second kappa shape index (κ2) is 5.57. The van der Waals surface area contributed by atoms with Crippen molar-refractivity contribution in [1.29, 1.82) is 0 Å². The smallest absolute Gasteiger partial charge is 0.0328 e. The van der Waals surface area contributed by atoms with Gasteiger partial charge in [-0.25, -0.2) is 0 Å². The third-order valence-corrected chi connectivity index (χ3v) is 3.84. The minimum absolute atomic E-state index is 0. The quantitative estimate of drug-likeness (QED) is 0.915. The monoisotopic (exact) mass is 274 g/mol. The summed E-state index contributed by atoms with van der Waals surface area (Å²) in [6.07, 6.45) is 2.42. The Balaban J connectivity index is 0.000000722. The van der Waals surface area contributed by atoms with Crippen molar-refractivity contribution in [2.45, 2.75) is 18.4 Å². The molecule has 0 radical (unpaired) electrons. The van der Waals surface area contributed by atoms with E-state index in [2.05, 4.69) is 35.2 Å². The average molecular weight is 275 g/mol. The zero-order valence-electron chi connectivity index (χ0n) is 9.84. The van der Waals surface area contributed by atoms with Crippen LogP contribution >= 0.6 is 24.8 Å². The van der Waals surface area contributed by atoms with Crippen molar-refractivity contribution in [3.63, 3.8) is 0 Å². The van der Waals surface area contributed by atoms with Crippen molar-refractivity contribution >= 4 is 24.8 Å². The fourth-order valence-electron chi connectivity index (χ4n) is 2.73. The SMILES string of the molecule is Cl.Cl.NC12CC1CN(CCc1ccccc1)C2. The van der Waals surface area contributed by atoms with Gasteiger partial charge in [0.1, 0.15) is 0 Å². The highest BCUT2D eigenvalue weighted by Crippen LogP contribution is 2.46. The van der Waals surface area contributed by atoms with Crippen LogP contribution < -0.4 is 5.73 Å². The molecule has 0 aromatic heterocycles. The predicted molar refractivity (Wildman–Crippen MR) is 76.1 cm³/mol. The second-order valence-corrected chi connectivity index (χ2v) is 5.10. The number of hydrogen-bond acceptors (Lipinski definition) is 2. The lowest BCUT2D eigenvalue weighted by Gasteiger charge is -2.18. The normalized spacial score (nSPS) is 30.1. The van der Waals surface area contributed by atoms with Crippen LogP contribution in [0.3, 0.4) is 0 Å². The summed E-state index contributed by atoms with van der Waals surface area (Å²) < 4.78 is 0. The average Bonchev–Trinajstić information content (AvgIpc) is 2.76. The molecule has 1 aromatic carbocycles. The highest BCUT2D eigenvalue weighted by Gasteiger charge is 2.56. The first-order chi connectivity index (χ1) is 7.26. The Morgan fingerprint density at radius 2 is 1.94 bits per heavy atom. The number of piperidine rings is 1. The van der Waals surface area contributed by atoms with Crippen LogP contribution in [0.5, 0.6) is 0 Å². The van der Waals surface area contributed by atoms with E-state index in [1.165, 1.54) is 25.1 Å². The Morgan fingerprint density at radius 3 is 2.53 bits per heavy atom. The number of rotatable bonds is 3. The molecule has 2 atom stereocenters. The van der Waals surface area contributed by atoms with Crippen LogP contribution in [0.15, 0.2) is 30.3 Å². The number of nitrogens with zero attached hydrogens (tertiary/aromatic N) is 1. The van der Waals surface area contributed by atoms with Crippen LogP contribution in [0.2, 0.25) is 0 Å². The molecule has 1 saturated heterocycles. The fourth-order valence-corrected chi connectivity index (χ4v) is 2.73. The van der Waals surface area contributed by atoms with Gasteiger partial charge in [0.25, 0.3) is 0 Å². The molecule has 2 unspecified atom stereocenters. The van der Waals surface area contributed by atoms with Gasteiger partial charge in [-0.15, -0.1) is 24.8 Å². The Hall–Kier alpha value is -0.280. The molecule has 1 heterocycles. The van der Waals surface area contributed by atoms with Gasteiger partial charge in [-0.05, 0) is 24.3 Å². The van der Waals surface area contributed by atoms with E-state index in [1.807, 2.05) is 0 Å². The maximum Gasteiger partial charge on any atom is 0.0328 e. The maximum absolute atomic E-state index is 6.17. The molecule has 4 heteroatoms. The molecule has 2 fully saturated rings. The Morgan fingerprint density at radius 1 is 1.24 bits per heavy atom. The first kappa shape index (κ1) is 14.8. The van der Waals surface area contributed by atoms with Gasteiger partial charge in [0.15, 0.2) is 0 Å². The van der Waals surface area contributed by atoms with Crippen molar-refractivity contribution < 1.29 is 0 Å². The van der Waals surface area contributed by atoms with Crippen LogP contribution in [0.1, 0.15) is 12.0 Å². The van der Waals surface area contributed by atoms with E-state index in [0.717, 1.165) is 18.9 Å². The standard InChI is InChI=1S/C13H18N2.2ClH/c14-13-8-12(13)9-15(10-13)7-6-11-4-2-1-3-5-11;;/h1-5,12H,6-10,14H2;2*1H. The second-order valence-electron chi connectivity index (χ2n) is 5.10. The summed E-state index contributed by atoms with van der Waals surface area (Å²) in [6, 6.07) is 10.7. The van der Waals surface area contributed by atoms with E-state index >= 15 is 0 Å². The lowest BCUT2D eigenvalue weighted by molar-refractivity contribution is 0.302. The van der Waals surface area contributed by atoms with E-state index < -0.39 is 0 Å². The molecule has 1 aromatic rings. The van der Waals surface area contributed by atoms with E-state index in [0.29, 0.717) is 0 Å². The fraction of sp³-hybridized carbons (Fsp3) is 0.538. The molecular weight excluding hydrogens is 255 g/mol. The van der Waals surface area contributed by atoms with E-state index in [1.54, 1.807) is 0 Å². The molecule has 0 amide bonds. The molecule has 1 aliphatic heterocycles. The molecule has 1 saturated carbocycles. The third-order valence-electron chi connectivity index (χ3n) is 3.84.